The molecule has 2 aliphatic heterocycles. The summed E-state index contributed by atoms with van der Waals surface area (Å²) in [5.74, 6) is 1.00. The van der Waals surface area contributed by atoms with Gasteiger partial charge in [-0.2, -0.15) is 0 Å². The zero-order valence-corrected chi connectivity index (χ0v) is 15.2. The van der Waals surface area contributed by atoms with E-state index in [9.17, 15) is 9.59 Å². The second-order valence-electron chi connectivity index (χ2n) is 7.07. The van der Waals surface area contributed by atoms with Gasteiger partial charge in [0, 0.05) is 45.5 Å². The standard InChI is InChI=1S/C18H27N5O2/c1-14-13-21(11-12-22(14)15-7-4-5-9-20-15)16(24)18(2)8-6-10-23(18)17(25)19-3/h4-5,7,9,14H,6,8,10-13H2,1-3H3,(H,19,25). The van der Waals surface area contributed by atoms with E-state index in [1.807, 2.05) is 30.0 Å². The van der Waals surface area contributed by atoms with E-state index >= 15 is 0 Å². The van der Waals surface area contributed by atoms with Gasteiger partial charge < -0.3 is 20.0 Å². The van der Waals surface area contributed by atoms with Gasteiger partial charge >= 0.3 is 6.03 Å². The van der Waals surface area contributed by atoms with Gasteiger partial charge in [0.2, 0.25) is 5.91 Å². The number of amides is 3. The number of carbonyl (C=O) groups excluding carboxylic acids is 2. The Morgan fingerprint density at radius 3 is 2.72 bits per heavy atom. The van der Waals surface area contributed by atoms with Crippen molar-refractivity contribution in [3.05, 3.63) is 24.4 Å². The smallest absolute Gasteiger partial charge is 0.318 e. The monoisotopic (exact) mass is 345 g/mol. The number of nitrogens with one attached hydrogen (secondary N) is 1. The van der Waals surface area contributed by atoms with Crippen LogP contribution in [0.15, 0.2) is 24.4 Å². The molecular weight excluding hydrogens is 318 g/mol. The summed E-state index contributed by atoms with van der Waals surface area (Å²) in [5, 5.41) is 2.66. The van der Waals surface area contributed by atoms with Gasteiger partial charge in [-0.3, -0.25) is 4.79 Å². The van der Waals surface area contributed by atoms with Gasteiger partial charge in [0.1, 0.15) is 11.4 Å². The van der Waals surface area contributed by atoms with Gasteiger partial charge in [0.25, 0.3) is 0 Å². The molecule has 0 spiro atoms. The molecule has 3 heterocycles. The maximum atomic E-state index is 13.2. The molecule has 0 bridgehead atoms. The van der Waals surface area contributed by atoms with Gasteiger partial charge in [-0.1, -0.05) is 6.07 Å². The quantitative estimate of drug-likeness (QED) is 0.878. The molecule has 25 heavy (non-hydrogen) atoms. The highest BCUT2D eigenvalue weighted by Gasteiger charge is 2.48. The Morgan fingerprint density at radius 2 is 2.08 bits per heavy atom. The van der Waals surface area contributed by atoms with Gasteiger partial charge in [-0.25, -0.2) is 9.78 Å². The summed E-state index contributed by atoms with van der Waals surface area (Å²) >= 11 is 0. The first-order valence-electron chi connectivity index (χ1n) is 8.94. The first-order valence-corrected chi connectivity index (χ1v) is 8.94. The van der Waals surface area contributed by atoms with E-state index < -0.39 is 5.54 Å². The van der Waals surface area contributed by atoms with Crippen molar-refractivity contribution in [1.82, 2.24) is 20.1 Å². The van der Waals surface area contributed by atoms with Crippen LogP contribution in [-0.4, -0.2) is 71.5 Å². The van der Waals surface area contributed by atoms with Crippen molar-refractivity contribution in [3.63, 3.8) is 0 Å². The second-order valence-corrected chi connectivity index (χ2v) is 7.07. The highest BCUT2D eigenvalue weighted by Crippen LogP contribution is 2.32. The summed E-state index contributed by atoms with van der Waals surface area (Å²) in [7, 11) is 1.61. The predicted molar refractivity (Wildman–Crippen MR) is 96.4 cm³/mol. The molecule has 2 fully saturated rings. The molecule has 2 aliphatic rings. The molecule has 1 N–H and O–H groups in total. The lowest BCUT2D eigenvalue weighted by Crippen LogP contribution is -2.62. The molecule has 2 atom stereocenters. The lowest BCUT2D eigenvalue weighted by molar-refractivity contribution is -0.141. The highest BCUT2D eigenvalue weighted by atomic mass is 16.2. The van der Waals surface area contributed by atoms with Crippen LogP contribution in [0.3, 0.4) is 0 Å². The Morgan fingerprint density at radius 1 is 1.28 bits per heavy atom. The van der Waals surface area contributed by atoms with Gasteiger partial charge in [0.05, 0.1) is 0 Å². The Hall–Kier alpha value is -2.31. The Labute approximate surface area is 149 Å². The maximum Gasteiger partial charge on any atom is 0.318 e. The van der Waals surface area contributed by atoms with E-state index in [2.05, 4.69) is 22.1 Å². The Bertz CT molecular complexity index is 638. The minimum atomic E-state index is -0.743. The number of rotatable bonds is 2. The maximum absolute atomic E-state index is 13.2. The summed E-state index contributed by atoms with van der Waals surface area (Å²) < 4.78 is 0. The van der Waals surface area contributed by atoms with E-state index in [-0.39, 0.29) is 18.0 Å². The number of likely N-dealkylation sites (tertiary alicyclic amines) is 1. The summed E-state index contributed by atoms with van der Waals surface area (Å²) in [6.07, 6.45) is 3.37. The lowest BCUT2D eigenvalue weighted by Gasteiger charge is -2.44. The topological polar surface area (TPSA) is 68.8 Å². The molecule has 3 rings (SSSR count). The van der Waals surface area contributed by atoms with Crippen LogP contribution < -0.4 is 10.2 Å². The summed E-state index contributed by atoms with van der Waals surface area (Å²) in [6.45, 7) is 6.68. The SMILES string of the molecule is CNC(=O)N1CCCC1(C)C(=O)N1CCN(c2ccccn2)C(C)C1. The van der Waals surface area contributed by atoms with Gasteiger partial charge in [-0.05, 0) is 38.8 Å². The average Bonchev–Trinajstić information content (AvgIpc) is 3.04. The van der Waals surface area contributed by atoms with Crippen LogP contribution in [0.1, 0.15) is 26.7 Å². The highest BCUT2D eigenvalue weighted by molar-refractivity contribution is 5.91. The largest absolute Gasteiger partial charge is 0.350 e. The molecule has 7 heteroatoms. The van der Waals surface area contributed by atoms with Crippen LogP contribution in [-0.2, 0) is 4.79 Å². The molecule has 1 aromatic heterocycles. The number of nitrogens with zero attached hydrogens (tertiary/aromatic N) is 4. The minimum Gasteiger partial charge on any atom is -0.350 e. The van der Waals surface area contributed by atoms with E-state index in [1.54, 1.807) is 18.1 Å². The fourth-order valence-corrected chi connectivity index (χ4v) is 3.99. The van der Waals surface area contributed by atoms with E-state index in [0.29, 0.717) is 26.1 Å². The molecule has 2 unspecified atom stereocenters. The molecular formula is C18H27N5O2. The van der Waals surface area contributed by atoms with Crippen molar-refractivity contribution in [1.29, 1.82) is 0 Å². The van der Waals surface area contributed by atoms with Crippen molar-refractivity contribution < 1.29 is 9.59 Å². The number of hydrogen-bond acceptors (Lipinski definition) is 4. The number of anilines is 1. The fourth-order valence-electron chi connectivity index (χ4n) is 3.99. The van der Waals surface area contributed by atoms with Crippen molar-refractivity contribution in [2.75, 3.05) is 38.1 Å². The van der Waals surface area contributed by atoms with Crippen LogP contribution in [0, 0.1) is 0 Å². The molecule has 7 nitrogen and oxygen atoms in total. The van der Waals surface area contributed by atoms with Crippen molar-refractivity contribution in [3.8, 4) is 0 Å². The van der Waals surface area contributed by atoms with Crippen LogP contribution in [0.25, 0.3) is 0 Å². The van der Waals surface area contributed by atoms with Gasteiger partial charge in [0.15, 0.2) is 0 Å². The Balaban J connectivity index is 1.71. The fraction of sp³-hybridized carbons (Fsp3) is 0.611. The molecule has 1 aromatic rings. The lowest BCUT2D eigenvalue weighted by atomic mass is 9.96. The average molecular weight is 345 g/mol. The van der Waals surface area contributed by atoms with Crippen molar-refractivity contribution in [2.24, 2.45) is 0 Å². The molecule has 3 amide bonds. The zero-order chi connectivity index (χ0) is 18.0. The number of hydrogen-bond donors (Lipinski definition) is 1. The van der Waals surface area contributed by atoms with Crippen molar-refractivity contribution in [2.45, 2.75) is 38.3 Å². The number of carbonyl (C=O) groups is 2. The third-order valence-corrected chi connectivity index (χ3v) is 5.42. The molecule has 0 aliphatic carbocycles. The molecule has 2 saturated heterocycles. The summed E-state index contributed by atoms with van der Waals surface area (Å²) in [6, 6.07) is 5.90. The second kappa shape index (κ2) is 6.90. The Kier molecular flexibility index (Phi) is 4.83. The predicted octanol–water partition coefficient (Wildman–Crippen LogP) is 1.31. The van der Waals surface area contributed by atoms with Crippen LogP contribution in [0.2, 0.25) is 0 Å². The van der Waals surface area contributed by atoms with Crippen molar-refractivity contribution >= 4 is 17.8 Å². The zero-order valence-electron chi connectivity index (χ0n) is 15.2. The third kappa shape index (κ3) is 3.15. The van der Waals surface area contributed by atoms with E-state index in [4.69, 9.17) is 0 Å². The van der Waals surface area contributed by atoms with Crippen LogP contribution >= 0.6 is 0 Å². The van der Waals surface area contributed by atoms with Gasteiger partial charge in [-0.15, -0.1) is 0 Å². The summed E-state index contributed by atoms with van der Waals surface area (Å²) in [4.78, 5) is 35.6. The number of urea groups is 1. The van der Waals surface area contributed by atoms with Crippen LogP contribution in [0.5, 0.6) is 0 Å². The van der Waals surface area contributed by atoms with Crippen LogP contribution in [0.4, 0.5) is 10.6 Å². The van der Waals surface area contributed by atoms with E-state index in [0.717, 1.165) is 18.8 Å². The third-order valence-electron chi connectivity index (χ3n) is 5.42. The molecule has 0 saturated carbocycles. The normalized spacial score (nSPS) is 26.7. The molecule has 0 aromatic carbocycles. The number of aromatic nitrogens is 1. The first-order chi connectivity index (χ1) is 12.0. The number of pyridine rings is 1. The molecule has 0 radical (unpaired) electrons. The summed E-state index contributed by atoms with van der Waals surface area (Å²) in [5.41, 5.74) is -0.743. The first kappa shape index (κ1) is 17.5. The van der Waals surface area contributed by atoms with E-state index in [1.165, 1.54) is 0 Å². The molecule has 136 valence electrons. The minimum absolute atomic E-state index is 0.0566. The number of piperazine rings is 1.